The molecule has 0 bridgehead atoms. The summed E-state index contributed by atoms with van der Waals surface area (Å²) in [4.78, 5) is 13.8. The number of benzene rings is 1. The van der Waals surface area contributed by atoms with E-state index in [1.54, 1.807) is 12.1 Å². The topological polar surface area (TPSA) is 69.5 Å². The standard InChI is InChI=1S/C17H20N4O2S/c1-2-18-17(24)19-12-10-21(11-12)14-7-5-6-13(16(22)23)15(14)20-8-3-4-9-20/h3-9,12H,2,10-11H2,1H3,(H,22,23)(H2,18,19,24). The van der Waals surface area contributed by atoms with E-state index in [2.05, 4.69) is 15.5 Å². The number of para-hydroxylation sites is 1. The van der Waals surface area contributed by atoms with Crippen LogP contribution < -0.4 is 15.5 Å². The number of anilines is 1. The lowest BCUT2D eigenvalue weighted by Crippen LogP contribution is -2.61. The van der Waals surface area contributed by atoms with Crippen LogP contribution >= 0.6 is 12.2 Å². The highest BCUT2D eigenvalue weighted by molar-refractivity contribution is 7.80. The van der Waals surface area contributed by atoms with E-state index in [4.69, 9.17) is 12.2 Å². The molecule has 2 aromatic rings. The molecular formula is C17H20N4O2S. The van der Waals surface area contributed by atoms with E-state index in [1.807, 2.05) is 42.1 Å². The van der Waals surface area contributed by atoms with Crippen molar-refractivity contribution < 1.29 is 9.90 Å². The predicted molar refractivity (Wildman–Crippen MR) is 98.1 cm³/mol. The van der Waals surface area contributed by atoms with Gasteiger partial charge in [-0.1, -0.05) is 6.07 Å². The van der Waals surface area contributed by atoms with Crippen molar-refractivity contribution >= 4 is 29.0 Å². The molecule has 0 atom stereocenters. The summed E-state index contributed by atoms with van der Waals surface area (Å²) >= 11 is 5.21. The molecule has 1 aromatic heterocycles. The van der Waals surface area contributed by atoms with Crippen LogP contribution in [0.4, 0.5) is 5.69 Å². The van der Waals surface area contributed by atoms with Gasteiger partial charge < -0.3 is 25.2 Å². The molecule has 126 valence electrons. The third-order valence-corrected chi connectivity index (χ3v) is 4.26. The second kappa shape index (κ2) is 6.92. The molecule has 0 radical (unpaired) electrons. The molecule has 1 saturated heterocycles. The highest BCUT2D eigenvalue weighted by Gasteiger charge is 2.30. The molecule has 24 heavy (non-hydrogen) atoms. The first-order valence-corrected chi connectivity index (χ1v) is 8.30. The van der Waals surface area contributed by atoms with Crippen LogP contribution in [0.3, 0.4) is 0 Å². The molecule has 0 spiro atoms. The largest absolute Gasteiger partial charge is 0.478 e. The number of carboxylic acid groups (broad SMARTS) is 1. The number of nitrogens with one attached hydrogen (secondary N) is 2. The lowest BCUT2D eigenvalue weighted by Gasteiger charge is -2.42. The third-order valence-electron chi connectivity index (χ3n) is 4.00. The minimum Gasteiger partial charge on any atom is -0.478 e. The van der Waals surface area contributed by atoms with Crippen molar-refractivity contribution in [3.05, 3.63) is 48.3 Å². The molecule has 0 aliphatic carbocycles. The number of thiocarbonyl (C=S) groups is 1. The molecule has 7 heteroatoms. The molecule has 2 heterocycles. The fourth-order valence-electron chi connectivity index (χ4n) is 2.88. The van der Waals surface area contributed by atoms with Crippen molar-refractivity contribution in [2.75, 3.05) is 24.5 Å². The van der Waals surface area contributed by atoms with Crippen LogP contribution in [-0.2, 0) is 0 Å². The average Bonchev–Trinajstić information content (AvgIpc) is 3.04. The van der Waals surface area contributed by atoms with Crippen molar-refractivity contribution in [3.8, 4) is 5.69 Å². The van der Waals surface area contributed by atoms with Gasteiger partial charge in [0.25, 0.3) is 0 Å². The Kier molecular flexibility index (Phi) is 4.71. The Morgan fingerprint density at radius 1 is 1.29 bits per heavy atom. The summed E-state index contributed by atoms with van der Waals surface area (Å²) in [6.07, 6.45) is 3.72. The lowest BCUT2D eigenvalue weighted by molar-refractivity contribution is 0.0697. The highest BCUT2D eigenvalue weighted by Crippen LogP contribution is 2.31. The Hall–Kier alpha value is -2.54. The summed E-state index contributed by atoms with van der Waals surface area (Å²) in [5, 5.41) is 16.5. The summed E-state index contributed by atoms with van der Waals surface area (Å²) in [6.45, 7) is 4.36. The molecule has 1 aromatic carbocycles. The fourth-order valence-corrected chi connectivity index (χ4v) is 3.19. The third kappa shape index (κ3) is 3.21. The average molecular weight is 344 g/mol. The maximum absolute atomic E-state index is 11.6. The van der Waals surface area contributed by atoms with Crippen molar-refractivity contribution in [2.45, 2.75) is 13.0 Å². The Balaban J connectivity index is 1.81. The second-order valence-electron chi connectivity index (χ2n) is 5.67. The SMILES string of the molecule is CCNC(=S)NC1CN(c2cccc(C(=O)O)c2-n2cccc2)C1. The van der Waals surface area contributed by atoms with Gasteiger partial charge in [0, 0.05) is 32.0 Å². The Labute approximate surface area is 146 Å². The van der Waals surface area contributed by atoms with Gasteiger partial charge in [-0.05, 0) is 43.4 Å². The monoisotopic (exact) mass is 344 g/mol. The number of nitrogens with zero attached hydrogens (tertiary/aromatic N) is 2. The first-order chi connectivity index (χ1) is 11.6. The molecule has 1 fully saturated rings. The summed E-state index contributed by atoms with van der Waals surface area (Å²) < 4.78 is 1.85. The molecular weight excluding hydrogens is 324 g/mol. The smallest absolute Gasteiger partial charge is 0.337 e. The molecule has 1 aliphatic heterocycles. The number of hydrogen-bond donors (Lipinski definition) is 3. The molecule has 0 amide bonds. The quantitative estimate of drug-likeness (QED) is 0.719. The van der Waals surface area contributed by atoms with Gasteiger partial charge in [-0.2, -0.15) is 0 Å². The van der Waals surface area contributed by atoms with Crippen molar-refractivity contribution in [1.82, 2.24) is 15.2 Å². The van der Waals surface area contributed by atoms with E-state index < -0.39 is 5.97 Å². The van der Waals surface area contributed by atoms with E-state index in [0.29, 0.717) is 16.4 Å². The predicted octanol–water partition coefficient (Wildman–Crippen LogP) is 1.85. The number of rotatable bonds is 5. The van der Waals surface area contributed by atoms with Gasteiger partial charge in [-0.25, -0.2) is 4.79 Å². The van der Waals surface area contributed by atoms with E-state index in [1.165, 1.54) is 0 Å². The minimum absolute atomic E-state index is 0.266. The zero-order chi connectivity index (χ0) is 17.1. The van der Waals surface area contributed by atoms with Crippen LogP contribution in [0, 0.1) is 0 Å². The van der Waals surface area contributed by atoms with Gasteiger partial charge in [-0.3, -0.25) is 0 Å². The highest BCUT2D eigenvalue weighted by atomic mass is 32.1. The van der Waals surface area contributed by atoms with Crippen LogP contribution in [0.5, 0.6) is 0 Å². The number of hydrogen-bond acceptors (Lipinski definition) is 3. The molecule has 0 saturated carbocycles. The second-order valence-corrected chi connectivity index (χ2v) is 6.08. The maximum Gasteiger partial charge on any atom is 0.337 e. The van der Waals surface area contributed by atoms with E-state index >= 15 is 0 Å². The normalized spacial score (nSPS) is 14.1. The van der Waals surface area contributed by atoms with Gasteiger partial charge in [0.2, 0.25) is 0 Å². The van der Waals surface area contributed by atoms with Crippen LogP contribution in [0.2, 0.25) is 0 Å². The summed E-state index contributed by atoms with van der Waals surface area (Å²) in [5.41, 5.74) is 1.91. The Morgan fingerprint density at radius 3 is 2.62 bits per heavy atom. The van der Waals surface area contributed by atoms with E-state index in [9.17, 15) is 9.90 Å². The van der Waals surface area contributed by atoms with Gasteiger partial charge >= 0.3 is 5.97 Å². The van der Waals surface area contributed by atoms with Crippen molar-refractivity contribution in [1.29, 1.82) is 0 Å². The number of carbonyl (C=O) groups is 1. The van der Waals surface area contributed by atoms with E-state index in [-0.39, 0.29) is 6.04 Å². The lowest BCUT2D eigenvalue weighted by atomic mass is 10.0. The van der Waals surface area contributed by atoms with Crippen LogP contribution in [-0.4, -0.2) is 46.4 Å². The maximum atomic E-state index is 11.6. The Morgan fingerprint density at radius 2 is 2.00 bits per heavy atom. The Bertz CT molecular complexity index is 739. The van der Waals surface area contributed by atoms with Crippen LogP contribution in [0.15, 0.2) is 42.7 Å². The molecule has 3 rings (SSSR count). The van der Waals surface area contributed by atoms with E-state index in [0.717, 1.165) is 25.3 Å². The first kappa shape index (κ1) is 16.3. The molecule has 0 unspecified atom stereocenters. The van der Waals surface area contributed by atoms with Crippen molar-refractivity contribution in [2.24, 2.45) is 0 Å². The fraction of sp³-hybridized carbons (Fsp3) is 0.294. The van der Waals surface area contributed by atoms with Crippen molar-refractivity contribution in [3.63, 3.8) is 0 Å². The molecule has 3 N–H and O–H groups in total. The minimum atomic E-state index is -0.927. The van der Waals surface area contributed by atoms with Gasteiger partial charge in [0.1, 0.15) is 0 Å². The van der Waals surface area contributed by atoms with Crippen LogP contribution in [0.1, 0.15) is 17.3 Å². The first-order valence-electron chi connectivity index (χ1n) is 7.89. The number of carboxylic acids is 1. The summed E-state index contributed by atoms with van der Waals surface area (Å²) in [6, 6.07) is 9.42. The van der Waals surface area contributed by atoms with Gasteiger partial charge in [0.05, 0.1) is 23.0 Å². The number of aromatic nitrogens is 1. The van der Waals surface area contributed by atoms with Gasteiger partial charge in [-0.15, -0.1) is 0 Å². The van der Waals surface area contributed by atoms with Gasteiger partial charge in [0.15, 0.2) is 5.11 Å². The van der Waals surface area contributed by atoms with Crippen LogP contribution in [0.25, 0.3) is 5.69 Å². The zero-order valence-corrected chi connectivity index (χ0v) is 14.2. The summed E-state index contributed by atoms with van der Waals surface area (Å²) in [7, 11) is 0. The molecule has 1 aliphatic rings. The summed E-state index contributed by atoms with van der Waals surface area (Å²) in [5.74, 6) is -0.927. The molecule has 6 nitrogen and oxygen atoms in total. The zero-order valence-electron chi connectivity index (χ0n) is 13.4. The number of aromatic carboxylic acids is 1.